The zero-order valence-electron chi connectivity index (χ0n) is 19.7. The van der Waals surface area contributed by atoms with Gasteiger partial charge in [0.25, 0.3) is 11.8 Å². The lowest BCUT2D eigenvalue weighted by Crippen LogP contribution is -2.49. The molecular formula is C28H28N4O3. The van der Waals surface area contributed by atoms with E-state index < -0.39 is 0 Å². The van der Waals surface area contributed by atoms with Crippen LogP contribution in [0, 0.1) is 11.8 Å². The van der Waals surface area contributed by atoms with E-state index in [2.05, 4.69) is 27.0 Å². The summed E-state index contributed by atoms with van der Waals surface area (Å²) in [7, 11) is 0. The van der Waals surface area contributed by atoms with Crippen molar-refractivity contribution in [3.05, 3.63) is 89.2 Å². The van der Waals surface area contributed by atoms with Crippen LogP contribution in [0.5, 0.6) is 5.75 Å². The number of aromatic nitrogens is 1. The number of carbonyl (C=O) groups is 2. The first kappa shape index (κ1) is 23.8. The first-order chi connectivity index (χ1) is 17.0. The molecule has 178 valence electrons. The Morgan fingerprint density at radius 3 is 2.46 bits per heavy atom. The molecular weight excluding hydrogens is 440 g/mol. The van der Waals surface area contributed by atoms with Crippen LogP contribution >= 0.6 is 0 Å². The topological polar surface area (TPSA) is 85.8 Å². The Morgan fingerprint density at radius 2 is 1.74 bits per heavy atom. The third kappa shape index (κ3) is 5.98. The highest BCUT2D eigenvalue weighted by atomic mass is 16.3. The molecule has 35 heavy (non-hydrogen) atoms. The van der Waals surface area contributed by atoms with Crippen molar-refractivity contribution >= 4 is 17.5 Å². The summed E-state index contributed by atoms with van der Waals surface area (Å²) in [6, 6.07) is 16.4. The van der Waals surface area contributed by atoms with Crippen LogP contribution in [-0.2, 0) is 0 Å². The first-order valence-electron chi connectivity index (χ1n) is 11.7. The molecule has 1 saturated heterocycles. The van der Waals surface area contributed by atoms with E-state index in [4.69, 9.17) is 0 Å². The minimum atomic E-state index is -0.0593. The average Bonchev–Trinajstić information content (AvgIpc) is 2.90. The normalized spacial score (nSPS) is 13.1. The molecule has 0 atom stereocenters. The van der Waals surface area contributed by atoms with Crippen LogP contribution in [0.3, 0.4) is 0 Å². The van der Waals surface area contributed by atoms with Gasteiger partial charge in [0.15, 0.2) is 0 Å². The van der Waals surface area contributed by atoms with Crippen LogP contribution < -0.4 is 10.2 Å². The molecule has 7 heteroatoms. The number of aromatic hydroxyl groups is 1. The zero-order valence-corrected chi connectivity index (χ0v) is 19.7. The molecule has 1 aliphatic heterocycles. The summed E-state index contributed by atoms with van der Waals surface area (Å²) in [5, 5.41) is 12.5. The quantitative estimate of drug-likeness (QED) is 0.562. The minimum absolute atomic E-state index is 0.0495. The van der Waals surface area contributed by atoms with Crippen LogP contribution in [0.4, 0.5) is 5.69 Å². The second-order valence-electron chi connectivity index (χ2n) is 8.31. The van der Waals surface area contributed by atoms with Crippen molar-refractivity contribution in [2.45, 2.75) is 13.3 Å². The van der Waals surface area contributed by atoms with Gasteiger partial charge in [0.1, 0.15) is 5.75 Å². The maximum atomic E-state index is 13.3. The Morgan fingerprint density at radius 1 is 1.00 bits per heavy atom. The molecule has 2 N–H and O–H groups in total. The van der Waals surface area contributed by atoms with E-state index in [0.29, 0.717) is 55.0 Å². The second-order valence-corrected chi connectivity index (χ2v) is 8.31. The van der Waals surface area contributed by atoms with Crippen molar-refractivity contribution in [3.63, 3.8) is 0 Å². The van der Waals surface area contributed by atoms with Gasteiger partial charge in [-0.15, -0.1) is 0 Å². The molecule has 0 saturated carbocycles. The van der Waals surface area contributed by atoms with E-state index >= 15 is 0 Å². The number of amides is 2. The smallest absolute Gasteiger partial charge is 0.255 e. The van der Waals surface area contributed by atoms with E-state index in [9.17, 15) is 14.7 Å². The van der Waals surface area contributed by atoms with Gasteiger partial charge in [0.2, 0.25) is 0 Å². The number of nitrogens with one attached hydrogen (secondary N) is 1. The number of anilines is 1. The molecule has 7 nitrogen and oxygen atoms in total. The van der Waals surface area contributed by atoms with Gasteiger partial charge >= 0.3 is 0 Å². The van der Waals surface area contributed by atoms with Gasteiger partial charge in [-0.25, -0.2) is 0 Å². The van der Waals surface area contributed by atoms with Crippen LogP contribution in [0.1, 0.15) is 45.2 Å². The lowest BCUT2D eigenvalue weighted by atomic mass is 10.1. The lowest BCUT2D eigenvalue weighted by Gasteiger charge is -2.36. The van der Waals surface area contributed by atoms with Crippen LogP contribution in [0.25, 0.3) is 0 Å². The predicted molar refractivity (Wildman–Crippen MR) is 136 cm³/mol. The van der Waals surface area contributed by atoms with Gasteiger partial charge in [-0.2, -0.15) is 0 Å². The zero-order chi connectivity index (χ0) is 24.6. The Balaban J connectivity index is 1.40. The molecule has 2 aromatic carbocycles. The number of benzene rings is 2. The summed E-state index contributed by atoms with van der Waals surface area (Å²) >= 11 is 0. The highest BCUT2D eigenvalue weighted by molar-refractivity contribution is 5.97. The highest BCUT2D eigenvalue weighted by Crippen LogP contribution is 2.19. The van der Waals surface area contributed by atoms with E-state index in [1.54, 1.807) is 12.3 Å². The summed E-state index contributed by atoms with van der Waals surface area (Å²) in [4.78, 5) is 33.4. The highest BCUT2D eigenvalue weighted by Gasteiger charge is 2.23. The molecule has 1 aromatic heterocycles. The number of carbonyl (C=O) groups excluding carboxylic acids is 2. The summed E-state index contributed by atoms with van der Waals surface area (Å²) in [6.45, 7) is 5.28. The Bertz CT molecular complexity index is 1250. The number of rotatable bonds is 5. The van der Waals surface area contributed by atoms with Crippen molar-refractivity contribution < 1.29 is 14.7 Å². The fourth-order valence-corrected chi connectivity index (χ4v) is 3.92. The molecule has 2 amide bonds. The van der Waals surface area contributed by atoms with Gasteiger partial charge in [0, 0.05) is 61.3 Å². The van der Waals surface area contributed by atoms with E-state index in [0.717, 1.165) is 12.1 Å². The largest absolute Gasteiger partial charge is 0.506 e. The summed E-state index contributed by atoms with van der Waals surface area (Å²) in [5.74, 6) is 5.96. The van der Waals surface area contributed by atoms with Gasteiger partial charge < -0.3 is 20.2 Å². The SMILES string of the molecule is CCCNC(=O)c1ccc(N2CCN(C(=O)c3ccccc3C#Cc3cncc(O)c3)CC2)cc1. The minimum Gasteiger partial charge on any atom is -0.506 e. The Kier molecular flexibility index (Phi) is 7.63. The monoisotopic (exact) mass is 468 g/mol. The lowest BCUT2D eigenvalue weighted by molar-refractivity contribution is 0.0746. The third-order valence-corrected chi connectivity index (χ3v) is 5.82. The van der Waals surface area contributed by atoms with E-state index in [1.807, 2.05) is 54.3 Å². The molecule has 1 fully saturated rings. The van der Waals surface area contributed by atoms with Gasteiger partial charge in [-0.1, -0.05) is 30.9 Å². The average molecular weight is 469 g/mol. The molecule has 1 aliphatic rings. The van der Waals surface area contributed by atoms with Crippen LogP contribution in [0.15, 0.2) is 67.0 Å². The van der Waals surface area contributed by atoms with Crippen LogP contribution in [-0.4, -0.2) is 59.5 Å². The van der Waals surface area contributed by atoms with Gasteiger partial charge in [-0.05, 0) is 48.9 Å². The Hall–Kier alpha value is -4.31. The number of hydrogen-bond acceptors (Lipinski definition) is 5. The summed E-state index contributed by atoms with van der Waals surface area (Å²) < 4.78 is 0. The molecule has 3 aromatic rings. The molecule has 4 rings (SSSR count). The summed E-state index contributed by atoms with van der Waals surface area (Å²) in [5.41, 5.74) is 3.46. The standard InChI is InChI=1S/C28H28N4O3/c1-2-13-30-27(34)23-9-11-24(12-10-23)31-14-16-32(17-15-31)28(35)26-6-4-3-5-22(26)8-7-21-18-25(33)20-29-19-21/h3-6,9-12,18-20,33H,2,13-17H2,1H3,(H,30,34). The third-order valence-electron chi connectivity index (χ3n) is 5.82. The van der Waals surface area contributed by atoms with Crippen molar-refractivity contribution in [2.75, 3.05) is 37.6 Å². The van der Waals surface area contributed by atoms with Gasteiger partial charge in [0.05, 0.1) is 11.8 Å². The fraction of sp³-hybridized carbons (Fsp3) is 0.250. The van der Waals surface area contributed by atoms with E-state index in [1.165, 1.54) is 12.3 Å². The number of nitrogens with zero attached hydrogens (tertiary/aromatic N) is 3. The number of pyridine rings is 1. The van der Waals surface area contributed by atoms with E-state index in [-0.39, 0.29) is 17.6 Å². The molecule has 0 unspecified atom stereocenters. The molecule has 2 heterocycles. The second kappa shape index (κ2) is 11.2. The maximum absolute atomic E-state index is 13.3. The van der Waals surface area contributed by atoms with Gasteiger partial charge in [-0.3, -0.25) is 14.6 Å². The predicted octanol–water partition coefficient (Wildman–Crippen LogP) is 3.29. The van der Waals surface area contributed by atoms with Crippen molar-refractivity contribution in [1.29, 1.82) is 0 Å². The first-order valence-corrected chi connectivity index (χ1v) is 11.7. The van der Waals surface area contributed by atoms with Crippen molar-refractivity contribution in [3.8, 4) is 17.6 Å². The molecule has 0 bridgehead atoms. The fourth-order valence-electron chi connectivity index (χ4n) is 3.92. The maximum Gasteiger partial charge on any atom is 0.255 e. The molecule has 0 radical (unpaired) electrons. The van der Waals surface area contributed by atoms with Crippen molar-refractivity contribution in [1.82, 2.24) is 15.2 Å². The molecule has 0 spiro atoms. The van der Waals surface area contributed by atoms with Crippen molar-refractivity contribution in [2.24, 2.45) is 0 Å². The number of piperazine rings is 1. The molecule has 0 aliphatic carbocycles. The van der Waals surface area contributed by atoms with Crippen LogP contribution in [0.2, 0.25) is 0 Å². The number of hydrogen-bond donors (Lipinski definition) is 2. The Labute approximate surface area is 205 Å². The summed E-state index contributed by atoms with van der Waals surface area (Å²) in [6.07, 6.45) is 3.82.